The van der Waals surface area contributed by atoms with Crippen molar-refractivity contribution in [3.05, 3.63) is 29.6 Å². The lowest BCUT2D eigenvalue weighted by Crippen LogP contribution is -2.33. The van der Waals surface area contributed by atoms with E-state index in [9.17, 15) is 9.18 Å². The van der Waals surface area contributed by atoms with E-state index in [0.29, 0.717) is 17.5 Å². The summed E-state index contributed by atoms with van der Waals surface area (Å²) in [5.41, 5.74) is 1.02. The van der Waals surface area contributed by atoms with Gasteiger partial charge in [0.25, 0.3) is 0 Å². The molecule has 86 valence electrons. The fourth-order valence-corrected chi connectivity index (χ4v) is 2.10. The molecule has 0 unspecified atom stereocenters. The molecule has 0 aliphatic carbocycles. The Kier molecular flexibility index (Phi) is 3.22. The Bertz CT molecular complexity index is 384. The summed E-state index contributed by atoms with van der Waals surface area (Å²) in [5.74, 6) is 0.438. The summed E-state index contributed by atoms with van der Waals surface area (Å²) in [4.78, 5) is 12.6. The predicted molar refractivity (Wildman–Crippen MR) is 62.4 cm³/mol. The lowest BCUT2D eigenvalue weighted by Gasteiger charge is -2.32. The second-order valence-corrected chi connectivity index (χ2v) is 4.50. The zero-order valence-electron chi connectivity index (χ0n) is 9.45. The number of aldehydes is 1. The number of anilines is 1. The fraction of sp³-hybridized carbons (Fsp3) is 0.462. The average molecular weight is 221 g/mol. The summed E-state index contributed by atoms with van der Waals surface area (Å²) < 4.78 is 13.7. The van der Waals surface area contributed by atoms with E-state index < -0.39 is 0 Å². The minimum absolute atomic E-state index is 0.292. The van der Waals surface area contributed by atoms with Gasteiger partial charge in [-0.2, -0.15) is 0 Å². The summed E-state index contributed by atoms with van der Waals surface area (Å²) in [6, 6.07) is 4.68. The van der Waals surface area contributed by atoms with Gasteiger partial charge in [0, 0.05) is 18.7 Å². The van der Waals surface area contributed by atoms with Gasteiger partial charge in [-0.3, -0.25) is 4.79 Å². The molecule has 0 saturated carbocycles. The van der Waals surface area contributed by atoms with Gasteiger partial charge in [-0.1, -0.05) is 6.92 Å². The molecule has 0 spiro atoms. The number of carbonyl (C=O) groups excluding carboxylic acids is 1. The third-order valence-corrected chi connectivity index (χ3v) is 3.23. The number of piperidine rings is 1. The van der Waals surface area contributed by atoms with Gasteiger partial charge >= 0.3 is 0 Å². The first-order chi connectivity index (χ1) is 7.70. The number of halogens is 1. The third-order valence-electron chi connectivity index (χ3n) is 3.23. The minimum atomic E-state index is -0.292. The van der Waals surface area contributed by atoms with Gasteiger partial charge in [-0.05, 0) is 37.0 Å². The molecule has 0 N–H and O–H groups in total. The van der Waals surface area contributed by atoms with E-state index in [4.69, 9.17) is 0 Å². The second kappa shape index (κ2) is 4.64. The van der Waals surface area contributed by atoms with Crippen molar-refractivity contribution in [3.63, 3.8) is 0 Å². The van der Waals surface area contributed by atoms with Crippen molar-refractivity contribution in [1.29, 1.82) is 0 Å². The van der Waals surface area contributed by atoms with Crippen molar-refractivity contribution in [3.8, 4) is 0 Å². The maximum absolute atomic E-state index is 13.7. The lowest BCUT2D eigenvalue weighted by molar-refractivity contribution is 0.112. The minimum Gasteiger partial charge on any atom is -0.369 e. The number of nitrogens with zero attached hydrogens (tertiary/aromatic N) is 1. The molecule has 1 aromatic rings. The quantitative estimate of drug-likeness (QED) is 0.716. The van der Waals surface area contributed by atoms with Crippen LogP contribution in [0, 0.1) is 11.7 Å². The maximum Gasteiger partial charge on any atom is 0.150 e. The fourth-order valence-electron chi connectivity index (χ4n) is 2.10. The SMILES string of the molecule is CC1CCN(c2ccc(C=O)cc2F)CC1. The van der Waals surface area contributed by atoms with Crippen molar-refractivity contribution >= 4 is 12.0 Å². The van der Waals surface area contributed by atoms with Crippen LogP contribution in [0.1, 0.15) is 30.1 Å². The van der Waals surface area contributed by atoms with Crippen LogP contribution in [-0.4, -0.2) is 19.4 Å². The molecule has 2 rings (SSSR count). The molecule has 0 bridgehead atoms. The van der Waals surface area contributed by atoms with Crippen molar-refractivity contribution < 1.29 is 9.18 Å². The molecule has 1 fully saturated rings. The standard InChI is InChI=1S/C13H16FNO/c1-10-4-6-15(7-5-10)13-3-2-11(9-16)8-12(13)14/h2-3,8-10H,4-7H2,1H3. The molecule has 1 aliphatic heterocycles. The Balaban J connectivity index is 2.17. The highest BCUT2D eigenvalue weighted by molar-refractivity contribution is 5.76. The molecule has 1 saturated heterocycles. The monoisotopic (exact) mass is 221 g/mol. The predicted octanol–water partition coefficient (Wildman–Crippen LogP) is 2.87. The van der Waals surface area contributed by atoms with E-state index in [2.05, 4.69) is 11.8 Å². The average Bonchev–Trinajstić information content (AvgIpc) is 2.30. The number of carbonyl (C=O) groups is 1. The molecule has 1 aliphatic rings. The van der Waals surface area contributed by atoms with Crippen LogP contribution in [0.5, 0.6) is 0 Å². The molecular weight excluding hydrogens is 205 g/mol. The Labute approximate surface area is 95.1 Å². The third kappa shape index (κ3) is 2.23. The van der Waals surface area contributed by atoms with E-state index in [0.717, 1.165) is 31.8 Å². The van der Waals surface area contributed by atoms with Gasteiger partial charge in [0.2, 0.25) is 0 Å². The maximum atomic E-state index is 13.7. The van der Waals surface area contributed by atoms with Gasteiger partial charge in [-0.15, -0.1) is 0 Å². The number of hydrogen-bond donors (Lipinski definition) is 0. The number of benzene rings is 1. The van der Waals surface area contributed by atoms with Crippen LogP contribution >= 0.6 is 0 Å². The Morgan fingerprint density at radius 3 is 2.62 bits per heavy atom. The zero-order chi connectivity index (χ0) is 11.5. The molecule has 0 radical (unpaired) electrons. The number of hydrogen-bond acceptors (Lipinski definition) is 2. The normalized spacial score (nSPS) is 17.5. The van der Waals surface area contributed by atoms with E-state index in [-0.39, 0.29) is 5.82 Å². The summed E-state index contributed by atoms with van der Waals surface area (Å²) in [5, 5.41) is 0. The first-order valence-corrected chi connectivity index (χ1v) is 5.70. The van der Waals surface area contributed by atoms with E-state index >= 15 is 0 Å². The molecular formula is C13H16FNO. The molecule has 1 heterocycles. The lowest BCUT2D eigenvalue weighted by atomic mass is 9.98. The van der Waals surface area contributed by atoms with Gasteiger partial charge < -0.3 is 4.90 Å². The highest BCUT2D eigenvalue weighted by Crippen LogP contribution is 2.25. The summed E-state index contributed by atoms with van der Waals surface area (Å²) >= 11 is 0. The summed E-state index contributed by atoms with van der Waals surface area (Å²) in [6.07, 6.45) is 2.88. The molecule has 2 nitrogen and oxygen atoms in total. The van der Waals surface area contributed by atoms with Crippen LogP contribution < -0.4 is 4.90 Å². The largest absolute Gasteiger partial charge is 0.369 e. The van der Waals surface area contributed by atoms with Crippen molar-refractivity contribution in [2.75, 3.05) is 18.0 Å². The van der Waals surface area contributed by atoms with Crippen molar-refractivity contribution in [1.82, 2.24) is 0 Å². The van der Waals surface area contributed by atoms with E-state index in [1.54, 1.807) is 12.1 Å². The topological polar surface area (TPSA) is 20.3 Å². The highest BCUT2D eigenvalue weighted by Gasteiger charge is 2.18. The smallest absolute Gasteiger partial charge is 0.150 e. The van der Waals surface area contributed by atoms with Crippen LogP contribution in [-0.2, 0) is 0 Å². The van der Waals surface area contributed by atoms with E-state index in [1.807, 2.05) is 0 Å². The van der Waals surface area contributed by atoms with Gasteiger partial charge in [0.1, 0.15) is 12.1 Å². The number of rotatable bonds is 2. The molecule has 0 amide bonds. The first-order valence-electron chi connectivity index (χ1n) is 5.70. The molecule has 0 aromatic heterocycles. The Morgan fingerprint density at radius 1 is 1.38 bits per heavy atom. The van der Waals surface area contributed by atoms with Crippen molar-refractivity contribution in [2.45, 2.75) is 19.8 Å². The Hall–Kier alpha value is -1.38. The zero-order valence-corrected chi connectivity index (χ0v) is 9.45. The van der Waals surface area contributed by atoms with Crippen LogP contribution in [0.4, 0.5) is 10.1 Å². The summed E-state index contributed by atoms with van der Waals surface area (Å²) in [6.45, 7) is 4.03. The highest BCUT2D eigenvalue weighted by atomic mass is 19.1. The van der Waals surface area contributed by atoms with Gasteiger partial charge in [0.15, 0.2) is 0 Å². The molecule has 0 atom stereocenters. The van der Waals surface area contributed by atoms with Gasteiger partial charge in [0.05, 0.1) is 5.69 Å². The van der Waals surface area contributed by atoms with Crippen LogP contribution in [0.15, 0.2) is 18.2 Å². The summed E-state index contributed by atoms with van der Waals surface area (Å²) in [7, 11) is 0. The molecule has 16 heavy (non-hydrogen) atoms. The molecule has 3 heteroatoms. The second-order valence-electron chi connectivity index (χ2n) is 4.50. The van der Waals surface area contributed by atoms with Crippen LogP contribution in [0.2, 0.25) is 0 Å². The van der Waals surface area contributed by atoms with Crippen LogP contribution in [0.3, 0.4) is 0 Å². The van der Waals surface area contributed by atoms with E-state index in [1.165, 1.54) is 6.07 Å². The Morgan fingerprint density at radius 2 is 2.06 bits per heavy atom. The van der Waals surface area contributed by atoms with Crippen LogP contribution in [0.25, 0.3) is 0 Å². The van der Waals surface area contributed by atoms with Gasteiger partial charge in [-0.25, -0.2) is 4.39 Å². The molecule has 1 aromatic carbocycles. The van der Waals surface area contributed by atoms with Crippen molar-refractivity contribution in [2.24, 2.45) is 5.92 Å². The first kappa shape index (κ1) is 11.1.